The summed E-state index contributed by atoms with van der Waals surface area (Å²) in [4.78, 5) is 24.1. The lowest BCUT2D eigenvalue weighted by Crippen LogP contribution is -2.24. The maximum atomic E-state index is 12.1. The molecule has 3 aromatic carbocycles. The van der Waals surface area contributed by atoms with E-state index in [2.05, 4.69) is 67.1 Å². The highest BCUT2D eigenvalue weighted by Gasteiger charge is 2.11. The molecule has 10 heteroatoms. The van der Waals surface area contributed by atoms with E-state index in [0.717, 1.165) is 29.6 Å². The van der Waals surface area contributed by atoms with Crippen LogP contribution in [0.3, 0.4) is 0 Å². The Labute approximate surface area is 235 Å². The number of carbonyl (C=O) groups is 2. The van der Waals surface area contributed by atoms with Crippen LogP contribution >= 0.6 is 56.8 Å². The normalized spacial score (nSPS) is 10.6. The van der Waals surface area contributed by atoms with Gasteiger partial charge in [-0.2, -0.15) is 10.4 Å². The standard InChI is InChI=1S/C25H19ClI2N4O3/c1-15-2-7-19(10-20(15)26)31-23(33)11-24(34)32-30-13-18-8-21(27)25(22(28)9-18)35-14-17-5-3-16(12-29)4-6-17/h2-10,13H,11,14H2,1H3,(H,31,33)(H,32,34). The van der Waals surface area contributed by atoms with Gasteiger partial charge in [-0.1, -0.05) is 29.8 Å². The third kappa shape index (κ3) is 8.19. The Balaban J connectivity index is 1.52. The van der Waals surface area contributed by atoms with Crippen molar-refractivity contribution in [3.05, 3.63) is 89.0 Å². The molecular weight excluding hydrogens is 694 g/mol. The molecule has 0 radical (unpaired) electrons. The van der Waals surface area contributed by atoms with E-state index in [1.807, 2.05) is 31.2 Å². The van der Waals surface area contributed by atoms with Crippen molar-refractivity contribution in [2.24, 2.45) is 5.10 Å². The van der Waals surface area contributed by atoms with Crippen LogP contribution in [0.5, 0.6) is 5.75 Å². The van der Waals surface area contributed by atoms with Crippen molar-refractivity contribution in [3.63, 3.8) is 0 Å². The molecule has 0 aliphatic heterocycles. The molecule has 0 unspecified atom stereocenters. The predicted octanol–water partition coefficient (Wildman–Crippen LogP) is 5.79. The second-order valence-corrected chi connectivity index (χ2v) is 10.1. The summed E-state index contributed by atoms with van der Waals surface area (Å²) in [5.74, 6) is -0.265. The molecule has 35 heavy (non-hydrogen) atoms. The van der Waals surface area contributed by atoms with Gasteiger partial charge in [0.05, 0.1) is 25.0 Å². The second kappa shape index (κ2) is 12.9. The van der Waals surface area contributed by atoms with Crippen LogP contribution in [-0.2, 0) is 16.2 Å². The van der Waals surface area contributed by atoms with E-state index >= 15 is 0 Å². The Hall–Kier alpha value is -2.69. The quantitative estimate of drug-likeness (QED) is 0.134. The fourth-order valence-electron chi connectivity index (χ4n) is 2.86. The Morgan fingerprint density at radius 2 is 1.77 bits per heavy atom. The zero-order chi connectivity index (χ0) is 25.4. The lowest BCUT2D eigenvalue weighted by Gasteiger charge is -2.11. The lowest BCUT2D eigenvalue weighted by atomic mass is 10.1. The molecule has 0 spiro atoms. The van der Waals surface area contributed by atoms with Crippen LogP contribution in [0.25, 0.3) is 0 Å². The Kier molecular flexibility index (Phi) is 9.88. The number of benzene rings is 3. The molecule has 178 valence electrons. The van der Waals surface area contributed by atoms with Crippen LogP contribution in [0, 0.1) is 25.4 Å². The highest BCUT2D eigenvalue weighted by molar-refractivity contribution is 14.1. The van der Waals surface area contributed by atoms with Gasteiger partial charge in [0.15, 0.2) is 0 Å². The molecule has 0 saturated carbocycles. The monoisotopic (exact) mass is 712 g/mol. The van der Waals surface area contributed by atoms with Crippen LogP contribution in [0.2, 0.25) is 5.02 Å². The van der Waals surface area contributed by atoms with E-state index in [1.165, 1.54) is 6.21 Å². The zero-order valence-corrected chi connectivity index (χ0v) is 23.5. The first kappa shape index (κ1) is 26.9. The number of anilines is 1. The van der Waals surface area contributed by atoms with Gasteiger partial charge in [0.25, 0.3) is 0 Å². The van der Waals surface area contributed by atoms with Gasteiger partial charge < -0.3 is 10.1 Å². The van der Waals surface area contributed by atoms with Gasteiger partial charge >= 0.3 is 0 Å². The fourth-order valence-corrected chi connectivity index (χ4v) is 5.17. The number of aryl methyl sites for hydroxylation is 1. The second-order valence-electron chi connectivity index (χ2n) is 7.39. The summed E-state index contributed by atoms with van der Waals surface area (Å²) in [7, 11) is 0. The Morgan fingerprint density at radius 3 is 2.40 bits per heavy atom. The Morgan fingerprint density at radius 1 is 1.09 bits per heavy atom. The highest BCUT2D eigenvalue weighted by Crippen LogP contribution is 2.29. The first-order valence-electron chi connectivity index (χ1n) is 10.2. The van der Waals surface area contributed by atoms with Gasteiger partial charge in [-0.3, -0.25) is 9.59 Å². The summed E-state index contributed by atoms with van der Waals surface area (Å²) < 4.78 is 7.73. The summed E-state index contributed by atoms with van der Waals surface area (Å²) in [5.41, 5.74) is 6.10. The maximum absolute atomic E-state index is 12.1. The number of rotatable bonds is 8. The number of ether oxygens (including phenoxy) is 1. The minimum absolute atomic E-state index is 0.373. The smallest absolute Gasteiger partial charge is 0.249 e. The summed E-state index contributed by atoms with van der Waals surface area (Å²) in [6.07, 6.45) is 1.13. The van der Waals surface area contributed by atoms with E-state index in [4.69, 9.17) is 21.6 Å². The summed E-state index contributed by atoms with van der Waals surface area (Å²) in [5, 5.41) is 16.0. The first-order valence-corrected chi connectivity index (χ1v) is 12.8. The van der Waals surface area contributed by atoms with Gasteiger partial charge in [-0.25, -0.2) is 5.43 Å². The van der Waals surface area contributed by atoms with Crippen LogP contribution in [0.15, 0.2) is 59.7 Å². The minimum Gasteiger partial charge on any atom is -0.487 e. The van der Waals surface area contributed by atoms with Crippen molar-refractivity contribution in [2.75, 3.05) is 5.32 Å². The highest BCUT2D eigenvalue weighted by atomic mass is 127. The van der Waals surface area contributed by atoms with Gasteiger partial charge in [0.2, 0.25) is 11.8 Å². The molecule has 0 heterocycles. The molecule has 7 nitrogen and oxygen atoms in total. The third-order valence-electron chi connectivity index (χ3n) is 4.67. The van der Waals surface area contributed by atoms with Crippen molar-refractivity contribution in [3.8, 4) is 11.8 Å². The van der Waals surface area contributed by atoms with Gasteiger partial charge in [-0.15, -0.1) is 0 Å². The molecule has 3 aromatic rings. The van der Waals surface area contributed by atoms with Crippen molar-refractivity contribution in [2.45, 2.75) is 20.0 Å². The number of amides is 2. The van der Waals surface area contributed by atoms with E-state index in [0.29, 0.717) is 22.9 Å². The molecule has 0 saturated heterocycles. The van der Waals surface area contributed by atoms with Gasteiger partial charge in [0, 0.05) is 10.7 Å². The first-order chi connectivity index (χ1) is 16.7. The maximum Gasteiger partial charge on any atom is 0.249 e. The van der Waals surface area contributed by atoms with Crippen LogP contribution in [-0.4, -0.2) is 18.0 Å². The van der Waals surface area contributed by atoms with E-state index < -0.39 is 11.8 Å². The van der Waals surface area contributed by atoms with Crippen molar-refractivity contribution in [1.29, 1.82) is 5.26 Å². The number of nitrogens with one attached hydrogen (secondary N) is 2. The number of nitriles is 1. The Bertz CT molecular complexity index is 1300. The predicted molar refractivity (Wildman–Crippen MR) is 153 cm³/mol. The molecule has 2 N–H and O–H groups in total. The van der Waals surface area contributed by atoms with Crippen molar-refractivity contribution in [1.82, 2.24) is 5.43 Å². The molecular formula is C25H19ClI2N4O3. The summed E-state index contributed by atoms with van der Waals surface area (Å²) in [6.45, 7) is 2.23. The van der Waals surface area contributed by atoms with Crippen molar-refractivity contribution >= 4 is 80.5 Å². The number of hydrogen-bond donors (Lipinski definition) is 2. The lowest BCUT2D eigenvalue weighted by molar-refractivity contribution is -0.126. The summed E-state index contributed by atoms with van der Waals surface area (Å²) in [6, 6.07) is 18.2. The van der Waals surface area contributed by atoms with Crippen molar-refractivity contribution < 1.29 is 14.3 Å². The van der Waals surface area contributed by atoms with Crippen LogP contribution in [0.1, 0.15) is 28.7 Å². The molecule has 0 aliphatic carbocycles. The largest absolute Gasteiger partial charge is 0.487 e. The molecule has 0 aliphatic rings. The van der Waals surface area contributed by atoms with Gasteiger partial charge in [0.1, 0.15) is 18.8 Å². The van der Waals surface area contributed by atoms with Gasteiger partial charge in [-0.05, 0) is 105 Å². The molecule has 3 rings (SSSR count). The average molecular weight is 713 g/mol. The number of hydrogen-bond acceptors (Lipinski definition) is 5. The number of hydrazone groups is 1. The molecule has 0 bridgehead atoms. The third-order valence-corrected chi connectivity index (χ3v) is 6.68. The summed E-state index contributed by atoms with van der Waals surface area (Å²) >= 11 is 10.4. The molecule has 0 atom stereocenters. The SMILES string of the molecule is Cc1ccc(NC(=O)CC(=O)NN=Cc2cc(I)c(OCc3ccc(C#N)cc3)c(I)c2)cc1Cl. The number of halogens is 3. The van der Waals surface area contributed by atoms with E-state index in [1.54, 1.807) is 30.3 Å². The topological polar surface area (TPSA) is 104 Å². The fraction of sp³-hybridized carbons (Fsp3) is 0.120. The van der Waals surface area contributed by atoms with Crippen LogP contribution in [0.4, 0.5) is 5.69 Å². The molecule has 2 amide bonds. The molecule has 0 aromatic heterocycles. The van der Waals surface area contributed by atoms with E-state index in [9.17, 15) is 9.59 Å². The van der Waals surface area contributed by atoms with E-state index in [-0.39, 0.29) is 6.42 Å². The zero-order valence-electron chi connectivity index (χ0n) is 18.4. The number of carbonyl (C=O) groups excluding carboxylic acids is 2. The average Bonchev–Trinajstić information content (AvgIpc) is 2.81. The van der Waals surface area contributed by atoms with Crippen LogP contribution < -0.4 is 15.5 Å². The number of nitrogens with zero attached hydrogens (tertiary/aromatic N) is 2. The molecule has 0 fully saturated rings. The minimum atomic E-state index is -0.538.